The van der Waals surface area contributed by atoms with Crippen LogP contribution in [-0.4, -0.2) is 43.1 Å². The lowest BCUT2D eigenvalue weighted by Gasteiger charge is -2.33. The zero-order chi connectivity index (χ0) is 18.6. The van der Waals surface area contributed by atoms with Gasteiger partial charge in [0.2, 0.25) is 0 Å². The van der Waals surface area contributed by atoms with Crippen LogP contribution in [-0.2, 0) is 19.6 Å². The number of aromatic nitrogens is 4. The number of amides is 1. The zero-order valence-corrected chi connectivity index (χ0v) is 16.0. The summed E-state index contributed by atoms with van der Waals surface area (Å²) in [6.45, 7) is 5.33. The minimum absolute atomic E-state index is 0.153. The largest absolute Gasteiger partial charge is 0.346 e. The normalized spacial score (nSPS) is 18.7. The van der Waals surface area contributed by atoms with Gasteiger partial charge in [-0.25, -0.2) is 9.97 Å². The van der Waals surface area contributed by atoms with E-state index >= 15 is 0 Å². The first-order valence-electron chi connectivity index (χ1n) is 10.0. The highest BCUT2D eigenvalue weighted by atomic mass is 16.1. The Balaban J connectivity index is 1.40. The Hall–Kier alpha value is -2.28. The van der Waals surface area contributed by atoms with Crippen molar-refractivity contribution in [1.82, 2.24) is 30.0 Å². The Morgan fingerprint density at radius 2 is 2.07 bits per heavy atom. The van der Waals surface area contributed by atoms with Crippen LogP contribution in [0, 0.1) is 6.92 Å². The van der Waals surface area contributed by atoms with Gasteiger partial charge >= 0.3 is 0 Å². The standard InChI is InChI=1S/C20H28N6O/c1-15-19(12-21-14-23-15)20(27)22-11-16-10-18-13-25(8-5-9-26(18)24-16)17-6-3-2-4-7-17/h10,12,14,17H,2-9,11,13H2,1H3,(H,22,27). The van der Waals surface area contributed by atoms with Crippen molar-refractivity contribution < 1.29 is 4.79 Å². The van der Waals surface area contributed by atoms with Crippen molar-refractivity contribution >= 4 is 5.91 Å². The molecule has 0 unspecified atom stereocenters. The number of nitrogens with one attached hydrogen (secondary N) is 1. The van der Waals surface area contributed by atoms with E-state index in [1.807, 2.05) is 6.92 Å². The maximum absolute atomic E-state index is 12.4. The molecule has 0 radical (unpaired) electrons. The second kappa shape index (κ2) is 8.17. The van der Waals surface area contributed by atoms with Crippen molar-refractivity contribution in [1.29, 1.82) is 0 Å². The number of carbonyl (C=O) groups excluding carboxylic acids is 1. The SMILES string of the molecule is Cc1ncncc1C(=O)NCc1cc2n(n1)CCCN(C1CCCCC1)C2. The van der Waals surface area contributed by atoms with Gasteiger partial charge in [-0.2, -0.15) is 5.10 Å². The minimum Gasteiger partial charge on any atom is -0.346 e. The fourth-order valence-corrected chi connectivity index (χ4v) is 4.27. The highest BCUT2D eigenvalue weighted by molar-refractivity contribution is 5.94. The smallest absolute Gasteiger partial charge is 0.255 e. The summed E-state index contributed by atoms with van der Waals surface area (Å²) in [7, 11) is 0. The third-order valence-electron chi connectivity index (χ3n) is 5.77. The molecule has 7 nitrogen and oxygen atoms in total. The van der Waals surface area contributed by atoms with E-state index in [1.165, 1.54) is 44.1 Å². The summed E-state index contributed by atoms with van der Waals surface area (Å²) in [6, 6.07) is 2.87. The second-order valence-corrected chi connectivity index (χ2v) is 7.67. The highest BCUT2D eigenvalue weighted by Gasteiger charge is 2.24. The Morgan fingerprint density at radius 1 is 1.22 bits per heavy atom. The molecule has 1 aliphatic carbocycles. The predicted molar refractivity (Wildman–Crippen MR) is 102 cm³/mol. The summed E-state index contributed by atoms with van der Waals surface area (Å²) in [5, 5.41) is 7.67. The molecule has 1 amide bonds. The number of aryl methyl sites for hydroxylation is 2. The first kappa shape index (κ1) is 18.1. The van der Waals surface area contributed by atoms with Crippen molar-refractivity contribution in [3.8, 4) is 0 Å². The second-order valence-electron chi connectivity index (χ2n) is 7.67. The molecule has 1 aliphatic heterocycles. The van der Waals surface area contributed by atoms with E-state index in [2.05, 4.69) is 30.9 Å². The lowest BCUT2D eigenvalue weighted by molar-refractivity contribution is 0.0949. The van der Waals surface area contributed by atoms with E-state index in [-0.39, 0.29) is 5.91 Å². The molecular weight excluding hydrogens is 340 g/mol. The number of carbonyl (C=O) groups is 1. The maximum atomic E-state index is 12.4. The van der Waals surface area contributed by atoms with E-state index < -0.39 is 0 Å². The zero-order valence-electron chi connectivity index (χ0n) is 16.0. The van der Waals surface area contributed by atoms with Crippen LogP contribution in [0.2, 0.25) is 0 Å². The van der Waals surface area contributed by atoms with Crippen molar-refractivity contribution in [2.24, 2.45) is 0 Å². The molecule has 0 saturated heterocycles. The average Bonchev–Trinajstić information content (AvgIpc) is 2.97. The topological polar surface area (TPSA) is 75.9 Å². The fourth-order valence-electron chi connectivity index (χ4n) is 4.27. The van der Waals surface area contributed by atoms with E-state index in [9.17, 15) is 4.79 Å². The molecule has 0 atom stereocenters. The third-order valence-corrected chi connectivity index (χ3v) is 5.77. The lowest BCUT2D eigenvalue weighted by atomic mass is 9.94. The molecule has 1 saturated carbocycles. The van der Waals surface area contributed by atoms with Crippen LogP contribution in [0.25, 0.3) is 0 Å². The molecule has 27 heavy (non-hydrogen) atoms. The van der Waals surface area contributed by atoms with Crippen LogP contribution in [0.1, 0.15) is 66.0 Å². The van der Waals surface area contributed by atoms with Gasteiger partial charge in [-0.1, -0.05) is 19.3 Å². The molecule has 4 rings (SSSR count). The summed E-state index contributed by atoms with van der Waals surface area (Å²) in [4.78, 5) is 23.0. The molecule has 7 heteroatoms. The van der Waals surface area contributed by atoms with Crippen molar-refractivity contribution in [3.05, 3.63) is 41.2 Å². The van der Waals surface area contributed by atoms with Gasteiger partial charge < -0.3 is 5.32 Å². The molecule has 2 aliphatic rings. The summed E-state index contributed by atoms with van der Waals surface area (Å²) in [5.74, 6) is -0.153. The third kappa shape index (κ3) is 4.18. The van der Waals surface area contributed by atoms with Crippen LogP contribution in [0.15, 0.2) is 18.6 Å². The number of hydrogen-bond donors (Lipinski definition) is 1. The van der Waals surface area contributed by atoms with Gasteiger partial charge in [-0.3, -0.25) is 14.4 Å². The average molecular weight is 368 g/mol. The molecule has 1 N–H and O–H groups in total. The van der Waals surface area contributed by atoms with Gasteiger partial charge in [-0.15, -0.1) is 0 Å². The van der Waals surface area contributed by atoms with Crippen molar-refractivity contribution in [2.45, 2.75) is 71.1 Å². The summed E-state index contributed by atoms with van der Waals surface area (Å²) < 4.78 is 2.13. The van der Waals surface area contributed by atoms with Gasteiger partial charge in [0.1, 0.15) is 6.33 Å². The molecule has 2 aromatic rings. The molecule has 0 bridgehead atoms. The number of fused-ring (bicyclic) bond motifs is 1. The molecule has 144 valence electrons. The van der Waals surface area contributed by atoms with Gasteiger partial charge in [0.05, 0.1) is 29.2 Å². The van der Waals surface area contributed by atoms with E-state index in [4.69, 9.17) is 5.10 Å². The Labute approximate surface area is 160 Å². The molecular formula is C20H28N6O. The van der Waals surface area contributed by atoms with Crippen LogP contribution in [0.4, 0.5) is 0 Å². The van der Waals surface area contributed by atoms with E-state index in [0.717, 1.165) is 37.8 Å². The van der Waals surface area contributed by atoms with Crippen LogP contribution < -0.4 is 5.32 Å². The predicted octanol–water partition coefficient (Wildman–Crippen LogP) is 2.45. The summed E-state index contributed by atoms with van der Waals surface area (Å²) >= 11 is 0. The highest BCUT2D eigenvalue weighted by Crippen LogP contribution is 2.26. The first-order valence-corrected chi connectivity index (χ1v) is 10.0. The van der Waals surface area contributed by atoms with E-state index in [1.54, 1.807) is 6.20 Å². The van der Waals surface area contributed by atoms with Crippen LogP contribution in [0.5, 0.6) is 0 Å². The fraction of sp³-hybridized carbons (Fsp3) is 0.600. The minimum atomic E-state index is -0.153. The summed E-state index contributed by atoms with van der Waals surface area (Å²) in [5.41, 5.74) is 3.38. The molecule has 2 aromatic heterocycles. The Morgan fingerprint density at radius 3 is 2.89 bits per heavy atom. The molecule has 0 spiro atoms. The first-order chi connectivity index (χ1) is 13.2. The Bertz CT molecular complexity index is 796. The Kier molecular flexibility index (Phi) is 5.48. The number of nitrogens with zero attached hydrogens (tertiary/aromatic N) is 5. The molecule has 1 fully saturated rings. The lowest BCUT2D eigenvalue weighted by Crippen LogP contribution is -2.36. The number of rotatable bonds is 4. The van der Waals surface area contributed by atoms with Gasteiger partial charge in [0, 0.05) is 31.9 Å². The summed E-state index contributed by atoms with van der Waals surface area (Å²) in [6.07, 6.45) is 10.9. The van der Waals surface area contributed by atoms with Crippen molar-refractivity contribution in [2.75, 3.05) is 6.54 Å². The van der Waals surface area contributed by atoms with Crippen LogP contribution >= 0.6 is 0 Å². The quantitative estimate of drug-likeness (QED) is 0.897. The molecule has 3 heterocycles. The molecule has 0 aromatic carbocycles. The van der Waals surface area contributed by atoms with Gasteiger partial charge in [-0.05, 0) is 32.3 Å². The monoisotopic (exact) mass is 368 g/mol. The van der Waals surface area contributed by atoms with Gasteiger partial charge in [0.25, 0.3) is 5.91 Å². The van der Waals surface area contributed by atoms with Crippen LogP contribution in [0.3, 0.4) is 0 Å². The van der Waals surface area contributed by atoms with Gasteiger partial charge in [0.15, 0.2) is 0 Å². The maximum Gasteiger partial charge on any atom is 0.255 e. The number of hydrogen-bond acceptors (Lipinski definition) is 5. The van der Waals surface area contributed by atoms with Crippen molar-refractivity contribution in [3.63, 3.8) is 0 Å². The van der Waals surface area contributed by atoms with E-state index in [0.29, 0.717) is 17.8 Å².